The minimum atomic E-state index is 0.0997. The summed E-state index contributed by atoms with van der Waals surface area (Å²) in [6, 6.07) is 23.8. The Labute approximate surface area is 178 Å². The van der Waals surface area contributed by atoms with Crippen molar-refractivity contribution in [1.82, 2.24) is 0 Å². The van der Waals surface area contributed by atoms with Gasteiger partial charge in [0.1, 0.15) is 17.3 Å². The van der Waals surface area contributed by atoms with Gasteiger partial charge in [-0.05, 0) is 54.1 Å². The molecular formula is C24H15Cl2NO2. The summed E-state index contributed by atoms with van der Waals surface area (Å²) in [5, 5.41) is 21.2. The van der Waals surface area contributed by atoms with E-state index in [4.69, 9.17) is 27.6 Å². The van der Waals surface area contributed by atoms with Crippen molar-refractivity contribution in [2.45, 2.75) is 6.42 Å². The second-order valence-electron chi connectivity index (χ2n) is 6.48. The van der Waals surface area contributed by atoms with Crippen molar-refractivity contribution in [3.05, 3.63) is 88.4 Å². The van der Waals surface area contributed by atoms with E-state index in [1.54, 1.807) is 42.5 Å². The first-order chi connectivity index (χ1) is 14.1. The molecule has 0 aliphatic carbocycles. The molecule has 4 aromatic rings. The Balaban J connectivity index is 2.05. The second kappa shape index (κ2) is 8.05. The lowest BCUT2D eigenvalue weighted by molar-refractivity contribution is 0.474. The van der Waals surface area contributed by atoms with Crippen LogP contribution in [0.4, 0.5) is 0 Å². The van der Waals surface area contributed by atoms with Crippen LogP contribution in [0.25, 0.3) is 33.8 Å². The van der Waals surface area contributed by atoms with Crippen molar-refractivity contribution in [2.75, 3.05) is 0 Å². The summed E-state index contributed by atoms with van der Waals surface area (Å²) in [7, 11) is 0. The van der Waals surface area contributed by atoms with Crippen LogP contribution in [0.3, 0.4) is 0 Å². The number of rotatable bonds is 4. The zero-order valence-electron chi connectivity index (χ0n) is 15.2. The predicted octanol–water partition coefficient (Wildman–Crippen LogP) is 7.36. The van der Waals surface area contributed by atoms with E-state index in [0.29, 0.717) is 27.1 Å². The summed E-state index contributed by atoms with van der Waals surface area (Å²) < 4.78 is 6.29. The van der Waals surface area contributed by atoms with E-state index in [1.807, 2.05) is 30.3 Å². The summed E-state index contributed by atoms with van der Waals surface area (Å²) in [6.45, 7) is 0. The molecule has 5 heteroatoms. The molecule has 0 spiro atoms. The monoisotopic (exact) mass is 419 g/mol. The fourth-order valence-electron chi connectivity index (χ4n) is 3.32. The minimum Gasteiger partial charge on any atom is -0.507 e. The second-order valence-corrected chi connectivity index (χ2v) is 7.35. The third-order valence-corrected chi connectivity index (χ3v) is 5.15. The molecule has 3 aromatic carbocycles. The molecule has 1 heterocycles. The number of phenols is 1. The Hall–Kier alpha value is -3.19. The molecule has 0 amide bonds. The summed E-state index contributed by atoms with van der Waals surface area (Å²) in [6.07, 6.45) is 0.146. The molecule has 0 aliphatic rings. The molecule has 0 aliphatic heterocycles. The third-order valence-electron chi connectivity index (χ3n) is 4.65. The number of furan rings is 1. The number of hydrogen-bond donors (Lipinski definition) is 1. The molecule has 1 N–H and O–H groups in total. The number of aromatic hydroxyl groups is 1. The van der Waals surface area contributed by atoms with E-state index in [-0.39, 0.29) is 12.2 Å². The maximum Gasteiger partial charge on any atom is 0.146 e. The Bertz CT molecular complexity index is 1200. The van der Waals surface area contributed by atoms with Crippen molar-refractivity contribution in [1.29, 1.82) is 5.26 Å². The first-order valence-corrected chi connectivity index (χ1v) is 9.67. The Morgan fingerprint density at radius 2 is 1.38 bits per heavy atom. The molecule has 0 fully saturated rings. The van der Waals surface area contributed by atoms with Gasteiger partial charge < -0.3 is 9.52 Å². The van der Waals surface area contributed by atoms with Crippen LogP contribution in [0.15, 0.2) is 77.2 Å². The summed E-state index contributed by atoms with van der Waals surface area (Å²) in [5.41, 5.74) is 3.71. The quantitative estimate of drug-likeness (QED) is 0.375. The van der Waals surface area contributed by atoms with Crippen LogP contribution in [-0.4, -0.2) is 5.11 Å². The van der Waals surface area contributed by atoms with Gasteiger partial charge in [-0.2, -0.15) is 5.26 Å². The van der Waals surface area contributed by atoms with Crippen LogP contribution in [0.5, 0.6) is 5.75 Å². The highest BCUT2D eigenvalue weighted by Gasteiger charge is 2.25. The Morgan fingerprint density at radius 3 is 1.97 bits per heavy atom. The minimum absolute atomic E-state index is 0.0997. The van der Waals surface area contributed by atoms with Crippen molar-refractivity contribution < 1.29 is 9.52 Å². The maximum absolute atomic E-state index is 10.5. The van der Waals surface area contributed by atoms with E-state index in [0.717, 1.165) is 22.3 Å². The number of nitrogens with zero attached hydrogens (tertiary/aromatic N) is 1. The number of halogens is 2. The third kappa shape index (κ3) is 3.73. The van der Waals surface area contributed by atoms with Crippen LogP contribution < -0.4 is 0 Å². The molecule has 3 nitrogen and oxygen atoms in total. The highest BCUT2D eigenvalue weighted by molar-refractivity contribution is 6.31. The van der Waals surface area contributed by atoms with E-state index in [2.05, 4.69) is 6.07 Å². The average molecular weight is 420 g/mol. The molecule has 142 valence electrons. The van der Waals surface area contributed by atoms with Crippen LogP contribution >= 0.6 is 23.2 Å². The Kier molecular flexibility index (Phi) is 5.31. The standard InChI is InChI=1S/C24H15Cl2NO2/c25-17-9-5-15(6-10-17)22-20(13-14-27)23(16-7-11-18(26)12-8-16)29-24(22)19-3-1-2-4-21(19)28/h1-12,28H,13H2. The summed E-state index contributed by atoms with van der Waals surface area (Å²) >= 11 is 12.1. The van der Waals surface area contributed by atoms with E-state index >= 15 is 0 Å². The zero-order chi connectivity index (χ0) is 20.4. The highest BCUT2D eigenvalue weighted by atomic mass is 35.5. The van der Waals surface area contributed by atoms with Gasteiger partial charge in [-0.1, -0.05) is 47.5 Å². The first-order valence-electron chi connectivity index (χ1n) is 8.91. The van der Waals surface area contributed by atoms with Gasteiger partial charge in [0.05, 0.1) is 18.1 Å². The van der Waals surface area contributed by atoms with Gasteiger partial charge in [0.25, 0.3) is 0 Å². The average Bonchev–Trinajstić information content (AvgIpc) is 3.09. The van der Waals surface area contributed by atoms with Crippen molar-refractivity contribution >= 4 is 23.2 Å². The molecule has 0 bridgehead atoms. The Morgan fingerprint density at radius 1 is 0.793 bits per heavy atom. The van der Waals surface area contributed by atoms with Crippen molar-refractivity contribution in [3.63, 3.8) is 0 Å². The molecule has 29 heavy (non-hydrogen) atoms. The normalized spacial score (nSPS) is 10.7. The summed E-state index contributed by atoms with van der Waals surface area (Å²) in [5.74, 6) is 1.18. The number of nitriles is 1. The molecule has 1 aromatic heterocycles. The maximum atomic E-state index is 10.5. The fourth-order valence-corrected chi connectivity index (χ4v) is 3.58. The number of para-hydroxylation sites is 1. The molecule has 4 rings (SSSR count). The highest BCUT2D eigenvalue weighted by Crippen LogP contribution is 2.45. The fraction of sp³-hybridized carbons (Fsp3) is 0.0417. The van der Waals surface area contributed by atoms with Crippen molar-refractivity contribution in [3.8, 4) is 45.6 Å². The molecule has 0 saturated heterocycles. The van der Waals surface area contributed by atoms with Crippen LogP contribution in [0, 0.1) is 11.3 Å². The van der Waals surface area contributed by atoms with Crippen LogP contribution in [0.2, 0.25) is 10.0 Å². The molecule has 0 unspecified atom stereocenters. The summed E-state index contributed by atoms with van der Waals surface area (Å²) in [4.78, 5) is 0. The lowest BCUT2D eigenvalue weighted by Gasteiger charge is -2.07. The molecule has 0 saturated carbocycles. The van der Waals surface area contributed by atoms with Gasteiger partial charge in [-0.3, -0.25) is 0 Å². The van der Waals surface area contributed by atoms with Gasteiger partial charge in [0.15, 0.2) is 0 Å². The van der Waals surface area contributed by atoms with Crippen LogP contribution in [-0.2, 0) is 6.42 Å². The topological polar surface area (TPSA) is 57.2 Å². The largest absolute Gasteiger partial charge is 0.507 e. The number of benzene rings is 3. The molecule has 0 atom stereocenters. The SMILES string of the molecule is N#CCc1c(-c2ccc(Cl)cc2)oc(-c2ccccc2O)c1-c1ccc(Cl)cc1. The predicted molar refractivity (Wildman–Crippen MR) is 116 cm³/mol. The molecule has 0 radical (unpaired) electrons. The zero-order valence-corrected chi connectivity index (χ0v) is 16.7. The van der Waals surface area contributed by atoms with E-state index < -0.39 is 0 Å². The lowest BCUT2D eigenvalue weighted by atomic mass is 9.94. The van der Waals surface area contributed by atoms with Crippen LogP contribution in [0.1, 0.15) is 5.56 Å². The van der Waals surface area contributed by atoms with E-state index in [9.17, 15) is 10.4 Å². The van der Waals surface area contributed by atoms with Crippen molar-refractivity contribution in [2.24, 2.45) is 0 Å². The van der Waals surface area contributed by atoms with Gasteiger partial charge in [-0.15, -0.1) is 0 Å². The van der Waals surface area contributed by atoms with E-state index in [1.165, 1.54) is 0 Å². The first kappa shape index (κ1) is 19.1. The van der Waals surface area contributed by atoms with Gasteiger partial charge >= 0.3 is 0 Å². The lowest BCUT2D eigenvalue weighted by Crippen LogP contribution is -1.89. The van der Waals surface area contributed by atoms with Gasteiger partial charge in [0.2, 0.25) is 0 Å². The van der Waals surface area contributed by atoms with Gasteiger partial charge in [0, 0.05) is 26.7 Å². The smallest absolute Gasteiger partial charge is 0.146 e. The number of hydrogen-bond acceptors (Lipinski definition) is 3. The molecular weight excluding hydrogens is 405 g/mol. The van der Waals surface area contributed by atoms with Gasteiger partial charge in [-0.25, -0.2) is 0 Å². The number of phenolic OH excluding ortho intramolecular Hbond substituents is 1.